The number of aryl methyl sites for hydroxylation is 1. The standard InChI is InChI=1S/C18H14ClN5S/c1-12-2-8-15(9-3-12)24-17-16(22-23-24)18(21-11-20-17)25-10-13-4-6-14(19)7-5-13/h2-9,11H,10H2,1H3. The fourth-order valence-corrected chi connectivity index (χ4v) is 3.44. The lowest BCUT2D eigenvalue weighted by molar-refractivity contribution is 0.816. The van der Waals surface area contributed by atoms with E-state index in [2.05, 4.69) is 27.2 Å². The van der Waals surface area contributed by atoms with Crippen molar-refractivity contribution >= 4 is 34.5 Å². The van der Waals surface area contributed by atoms with Gasteiger partial charge in [-0.3, -0.25) is 0 Å². The minimum Gasteiger partial charge on any atom is -0.227 e. The van der Waals surface area contributed by atoms with Gasteiger partial charge in [-0.15, -0.1) is 5.10 Å². The minimum absolute atomic E-state index is 0.706. The second-order valence-corrected chi connectivity index (χ2v) is 7.00. The largest absolute Gasteiger partial charge is 0.227 e. The van der Waals surface area contributed by atoms with Gasteiger partial charge < -0.3 is 0 Å². The molecular weight excluding hydrogens is 354 g/mol. The number of hydrogen-bond acceptors (Lipinski definition) is 5. The topological polar surface area (TPSA) is 56.5 Å². The van der Waals surface area contributed by atoms with Crippen LogP contribution < -0.4 is 0 Å². The van der Waals surface area contributed by atoms with Crippen molar-refractivity contribution in [3.05, 3.63) is 71.0 Å². The maximum atomic E-state index is 5.93. The zero-order chi connectivity index (χ0) is 17.2. The molecule has 0 atom stereocenters. The molecule has 0 aliphatic carbocycles. The summed E-state index contributed by atoms with van der Waals surface area (Å²) in [6.45, 7) is 2.05. The summed E-state index contributed by atoms with van der Waals surface area (Å²) in [5, 5.41) is 10.1. The first-order chi connectivity index (χ1) is 12.2. The van der Waals surface area contributed by atoms with E-state index in [0.717, 1.165) is 21.5 Å². The van der Waals surface area contributed by atoms with Crippen molar-refractivity contribution in [3.63, 3.8) is 0 Å². The Bertz CT molecular complexity index is 1010. The first-order valence-corrected chi connectivity index (χ1v) is 9.08. The Kier molecular flexibility index (Phi) is 4.38. The van der Waals surface area contributed by atoms with Crippen LogP contribution in [0.5, 0.6) is 0 Å². The quantitative estimate of drug-likeness (QED) is 0.393. The molecule has 0 amide bonds. The van der Waals surface area contributed by atoms with Crippen molar-refractivity contribution in [3.8, 4) is 5.69 Å². The van der Waals surface area contributed by atoms with E-state index in [1.54, 1.807) is 22.8 Å². The van der Waals surface area contributed by atoms with E-state index in [1.165, 1.54) is 11.1 Å². The molecule has 0 aliphatic rings. The minimum atomic E-state index is 0.706. The first-order valence-electron chi connectivity index (χ1n) is 7.71. The van der Waals surface area contributed by atoms with Crippen LogP contribution in [0.2, 0.25) is 5.02 Å². The van der Waals surface area contributed by atoms with Crippen molar-refractivity contribution in [2.75, 3.05) is 0 Å². The van der Waals surface area contributed by atoms with Crippen molar-refractivity contribution in [1.29, 1.82) is 0 Å². The maximum Gasteiger partial charge on any atom is 0.187 e. The molecule has 0 aliphatic heterocycles. The Morgan fingerprint density at radius 2 is 1.76 bits per heavy atom. The van der Waals surface area contributed by atoms with Crippen LogP contribution in [0.1, 0.15) is 11.1 Å². The number of hydrogen-bond donors (Lipinski definition) is 0. The average Bonchev–Trinajstić information content (AvgIpc) is 3.07. The van der Waals surface area contributed by atoms with Crippen molar-refractivity contribution < 1.29 is 0 Å². The summed E-state index contributed by atoms with van der Waals surface area (Å²) in [5.41, 5.74) is 4.72. The Morgan fingerprint density at radius 3 is 2.52 bits per heavy atom. The molecule has 2 heterocycles. The highest BCUT2D eigenvalue weighted by Crippen LogP contribution is 2.27. The third-order valence-corrected chi connectivity index (χ3v) is 5.07. The number of nitrogens with zero attached hydrogens (tertiary/aromatic N) is 5. The highest BCUT2D eigenvalue weighted by molar-refractivity contribution is 7.98. The number of rotatable bonds is 4. The maximum absolute atomic E-state index is 5.93. The molecule has 0 saturated heterocycles. The molecule has 5 nitrogen and oxygen atoms in total. The van der Waals surface area contributed by atoms with E-state index < -0.39 is 0 Å². The molecule has 0 N–H and O–H groups in total. The van der Waals surface area contributed by atoms with Gasteiger partial charge in [-0.05, 0) is 36.8 Å². The van der Waals surface area contributed by atoms with Gasteiger partial charge in [0.15, 0.2) is 11.2 Å². The lowest BCUT2D eigenvalue weighted by atomic mass is 10.2. The van der Waals surface area contributed by atoms with E-state index in [9.17, 15) is 0 Å². The van der Waals surface area contributed by atoms with Crippen LogP contribution in [0, 0.1) is 6.92 Å². The number of aromatic nitrogens is 5. The van der Waals surface area contributed by atoms with Crippen molar-refractivity contribution in [2.45, 2.75) is 17.7 Å². The third kappa shape index (κ3) is 3.36. The lowest BCUT2D eigenvalue weighted by Crippen LogP contribution is -1.98. The van der Waals surface area contributed by atoms with Gasteiger partial charge in [0.1, 0.15) is 11.4 Å². The van der Waals surface area contributed by atoms with Gasteiger partial charge in [-0.2, -0.15) is 4.68 Å². The van der Waals surface area contributed by atoms with Gasteiger partial charge in [0.2, 0.25) is 0 Å². The van der Waals surface area contributed by atoms with Gasteiger partial charge in [0.05, 0.1) is 5.69 Å². The van der Waals surface area contributed by atoms with E-state index in [1.807, 2.05) is 48.5 Å². The normalized spacial score (nSPS) is 11.1. The third-order valence-electron chi connectivity index (χ3n) is 3.77. The van der Waals surface area contributed by atoms with Crippen LogP contribution in [-0.2, 0) is 5.75 Å². The molecule has 0 spiro atoms. The second-order valence-electron chi connectivity index (χ2n) is 5.60. The lowest BCUT2D eigenvalue weighted by Gasteiger charge is -2.03. The summed E-state index contributed by atoms with van der Waals surface area (Å²) in [6, 6.07) is 15.9. The molecule has 7 heteroatoms. The Morgan fingerprint density at radius 1 is 1.00 bits per heavy atom. The molecule has 2 aromatic heterocycles. The number of halogens is 1. The van der Waals surface area contributed by atoms with Crippen LogP contribution in [0.4, 0.5) is 0 Å². The average molecular weight is 368 g/mol. The number of fused-ring (bicyclic) bond motifs is 1. The highest BCUT2D eigenvalue weighted by Gasteiger charge is 2.13. The molecule has 0 bridgehead atoms. The van der Waals surface area contributed by atoms with Gasteiger partial charge in [0, 0.05) is 10.8 Å². The Balaban J connectivity index is 1.64. The van der Waals surface area contributed by atoms with E-state index in [4.69, 9.17) is 11.6 Å². The molecule has 2 aromatic carbocycles. The van der Waals surface area contributed by atoms with Gasteiger partial charge in [-0.1, -0.05) is 58.4 Å². The van der Waals surface area contributed by atoms with E-state index >= 15 is 0 Å². The molecule has 0 radical (unpaired) electrons. The Labute approximate surface area is 154 Å². The van der Waals surface area contributed by atoms with Crippen LogP contribution >= 0.6 is 23.4 Å². The fourth-order valence-electron chi connectivity index (χ4n) is 2.43. The van der Waals surface area contributed by atoms with Crippen molar-refractivity contribution in [2.24, 2.45) is 0 Å². The summed E-state index contributed by atoms with van der Waals surface area (Å²) < 4.78 is 1.74. The van der Waals surface area contributed by atoms with E-state index in [0.29, 0.717) is 11.2 Å². The molecule has 4 aromatic rings. The van der Waals surface area contributed by atoms with Gasteiger partial charge in [0.25, 0.3) is 0 Å². The second kappa shape index (κ2) is 6.82. The SMILES string of the molecule is Cc1ccc(-n2nnc3c(SCc4ccc(Cl)cc4)ncnc32)cc1. The summed E-state index contributed by atoms with van der Waals surface area (Å²) in [6.07, 6.45) is 1.56. The van der Waals surface area contributed by atoms with Crippen LogP contribution in [0.3, 0.4) is 0 Å². The monoisotopic (exact) mass is 367 g/mol. The summed E-state index contributed by atoms with van der Waals surface area (Å²) >= 11 is 7.54. The zero-order valence-corrected chi connectivity index (χ0v) is 15.0. The first kappa shape index (κ1) is 16.1. The molecule has 25 heavy (non-hydrogen) atoms. The molecule has 4 rings (SSSR count). The molecular formula is C18H14ClN5S. The summed E-state index contributed by atoms with van der Waals surface area (Å²) in [4.78, 5) is 8.73. The zero-order valence-electron chi connectivity index (χ0n) is 13.4. The van der Waals surface area contributed by atoms with Gasteiger partial charge in [-0.25, -0.2) is 9.97 Å². The number of thioether (sulfide) groups is 1. The predicted molar refractivity (Wildman–Crippen MR) is 100 cm³/mol. The summed E-state index contributed by atoms with van der Waals surface area (Å²) in [5.74, 6) is 0.778. The molecule has 0 fully saturated rings. The van der Waals surface area contributed by atoms with Crippen LogP contribution in [-0.4, -0.2) is 25.0 Å². The van der Waals surface area contributed by atoms with Crippen LogP contribution in [0.15, 0.2) is 59.9 Å². The molecule has 0 unspecified atom stereocenters. The van der Waals surface area contributed by atoms with Crippen LogP contribution in [0.25, 0.3) is 16.9 Å². The number of benzene rings is 2. The highest BCUT2D eigenvalue weighted by atomic mass is 35.5. The Hall–Kier alpha value is -2.44. The molecule has 0 saturated carbocycles. The predicted octanol–water partition coefficient (Wildman–Crippen LogP) is 4.46. The smallest absolute Gasteiger partial charge is 0.187 e. The van der Waals surface area contributed by atoms with Gasteiger partial charge >= 0.3 is 0 Å². The summed E-state index contributed by atoms with van der Waals surface area (Å²) in [7, 11) is 0. The van der Waals surface area contributed by atoms with E-state index in [-0.39, 0.29) is 0 Å². The molecule has 124 valence electrons. The fraction of sp³-hybridized carbons (Fsp3) is 0.111. The van der Waals surface area contributed by atoms with Crippen molar-refractivity contribution in [1.82, 2.24) is 25.0 Å².